The maximum absolute atomic E-state index is 0. The Hall–Kier alpha value is 1.85. The van der Waals surface area contributed by atoms with Crippen molar-refractivity contribution in [2.24, 2.45) is 0 Å². The van der Waals surface area contributed by atoms with Crippen LogP contribution in [0, 0.1) is 0 Å². The van der Waals surface area contributed by atoms with Crippen molar-refractivity contribution in [1.29, 1.82) is 0 Å². The van der Waals surface area contributed by atoms with Crippen LogP contribution in [0.2, 0.25) is 0 Å². The third kappa shape index (κ3) is 9.14. The molecule has 4 heavy (non-hydrogen) atoms. The molecule has 27 valence electrons. The standard InChI is InChI=1S/Nb.H2O.H2S.Sn.2H/h;2*1H2;;;. The first kappa shape index (κ1) is 40.2. The van der Waals surface area contributed by atoms with Gasteiger partial charge in [-0.2, -0.15) is 13.5 Å². The van der Waals surface area contributed by atoms with Crippen molar-refractivity contribution < 1.29 is 27.9 Å². The van der Waals surface area contributed by atoms with Gasteiger partial charge in [0, 0.05) is 22.4 Å². The predicted molar refractivity (Wildman–Crippen MR) is 22.5 cm³/mol. The molecule has 0 aromatic rings. The minimum absolute atomic E-state index is 0. The fraction of sp³-hybridized carbons (Fsp3) is 0. The van der Waals surface area contributed by atoms with E-state index in [0.29, 0.717) is 0 Å². The average molecular weight is 266 g/mol. The molecule has 0 saturated carbocycles. The molecule has 0 unspecified atom stereocenters. The van der Waals surface area contributed by atoms with Crippen LogP contribution < -0.4 is 0 Å². The van der Waals surface area contributed by atoms with E-state index < -0.39 is 0 Å². The predicted octanol–water partition coefficient (Wildman–Crippen LogP) is -1.63. The summed E-state index contributed by atoms with van der Waals surface area (Å²) in [6, 6.07) is 0. The normalized spacial score (nSPS) is 0. The van der Waals surface area contributed by atoms with E-state index in [-0.39, 0.29) is 65.3 Å². The van der Waals surface area contributed by atoms with Crippen LogP contribution in [0.25, 0.3) is 0 Å². The maximum atomic E-state index is 0. The van der Waals surface area contributed by atoms with Gasteiger partial charge in [0.05, 0.1) is 0 Å². The molecule has 0 aliphatic carbocycles. The second kappa shape index (κ2) is 21.0. The van der Waals surface area contributed by atoms with Crippen LogP contribution in [0.15, 0.2) is 0 Å². The van der Waals surface area contributed by atoms with E-state index in [1.54, 1.807) is 0 Å². The third-order valence-corrected chi connectivity index (χ3v) is 0. The van der Waals surface area contributed by atoms with Gasteiger partial charge >= 0.3 is 23.9 Å². The van der Waals surface area contributed by atoms with Gasteiger partial charge < -0.3 is 5.48 Å². The monoisotopic (exact) mass is 267 g/mol. The van der Waals surface area contributed by atoms with Crippen LogP contribution in [0.1, 0.15) is 0 Å². The summed E-state index contributed by atoms with van der Waals surface area (Å²) in [6.45, 7) is 0. The molecule has 0 fully saturated rings. The molecular formula is H6NbOSSn. The van der Waals surface area contributed by atoms with E-state index in [1.807, 2.05) is 0 Å². The Bertz CT molecular complexity index is 8.00. The van der Waals surface area contributed by atoms with Crippen molar-refractivity contribution in [3.05, 3.63) is 0 Å². The van der Waals surface area contributed by atoms with Crippen LogP contribution in [0.4, 0.5) is 0 Å². The van der Waals surface area contributed by atoms with E-state index in [9.17, 15) is 0 Å². The minimum atomic E-state index is 0. The molecule has 1 nitrogen and oxygen atoms in total. The van der Waals surface area contributed by atoms with Gasteiger partial charge in [0.1, 0.15) is 0 Å². The molecule has 0 aliphatic rings. The Morgan fingerprint density at radius 2 is 1.00 bits per heavy atom. The fourth-order valence-electron chi connectivity index (χ4n) is 0. The Balaban J connectivity index is 0. The van der Waals surface area contributed by atoms with Gasteiger partial charge in [0.15, 0.2) is 0 Å². The van der Waals surface area contributed by atoms with E-state index in [2.05, 4.69) is 0 Å². The Morgan fingerprint density at radius 3 is 1.00 bits per heavy atom. The van der Waals surface area contributed by atoms with Crippen LogP contribution in [0.5, 0.6) is 0 Å². The molecule has 0 amide bonds. The molecule has 3 radical (unpaired) electrons. The molecular weight excluding hydrogens is 260 g/mol. The number of hydrogen-bond donors (Lipinski definition) is 0. The summed E-state index contributed by atoms with van der Waals surface area (Å²) in [5.74, 6) is 0. The summed E-state index contributed by atoms with van der Waals surface area (Å²) in [7, 11) is 0. The van der Waals surface area contributed by atoms with Gasteiger partial charge in [-0.3, -0.25) is 0 Å². The van der Waals surface area contributed by atoms with Crippen molar-refractivity contribution >= 4 is 37.4 Å². The van der Waals surface area contributed by atoms with E-state index in [0.717, 1.165) is 0 Å². The Labute approximate surface area is 64.8 Å². The summed E-state index contributed by atoms with van der Waals surface area (Å²) < 4.78 is 0. The van der Waals surface area contributed by atoms with Gasteiger partial charge in [-0.05, 0) is 0 Å². The van der Waals surface area contributed by atoms with Crippen molar-refractivity contribution in [1.82, 2.24) is 0 Å². The average Bonchev–Trinajstić information content (AvgIpc) is 0. The second-order valence-electron chi connectivity index (χ2n) is 0. The first-order valence-corrected chi connectivity index (χ1v) is 0. The molecule has 0 spiro atoms. The van der Waals surface area contributed by atoms with Crippen LogP contribution in [0.3, 0.4) is 0 Å². The fourth-order valence-corrected chi connectivity index (χ4v) is 0. The molecule has 0 aliphatic heterocycles. The van der Waals surface area contributed by atoms with Crippen molar-refractivity contribution in [3.8, 4) is 0 Å². The zero-order valence-corrected chi connectivity index (χ0v) is 9.39. The van der Waals surface area contributed by atoms with E-state index >= 15 is 0 Å². The molecule has 0 saturated heterocycles. The molecule has 0 atom stereocenters. The zero-order chi connectivity index (χ0) is 0. The number of hydrogen-bond acceptors (Lipinski definition) is 0. The molecule has 2 N–H and O–H groups in total. The van der Waals surface area contributed by atoms with Crippen LogP contribution in [-0.2, 0) is 22.4 Å². The third-order valence-electron chi connectivity index (χ3n) is 0. The summed E-state index contributed by atoms with van der Waals surface area (Å²) in [5, 5.41) is 0. The molecule has 0 heterocycles. The Kier molecular flexibility index (Phi) is 211. The van der Waals surface area contributed by atoms with Gasteiger partial charge in [0.25, 0.3) is 0 Å². The molecule has 4 heteroatoms. The van der Waals surface area contributed by atoms with E-state index in [1.165, 1.54) is 0 Å². The van der Waals surface area contributed by atoms with Crippen LogP contribution in [-0.4, -0.2) is 29.4 Å². The van der Waals surface area contributed by atoms with E-state index in [4.69, 9.17) is 0 Å². The van der Waals surface area contributed by atoms with Crippen molar-refractivity contribution in [2.75, 3.05) is 0 Å². The van der Waals surface area contributed by atoms with Gasteiger partial charge in [0.2, 0.25) is 0 Å². The molecule has 0 bridgehead atoms. The second-order valence-corrected chi connectivity index (χ2v) is 0. The molecule has 0 aromatic heterocycles. The quantitative estimate of drug-likeness (QED) is 0.471. The van der Waals surface area contributed by atoms with Crippen LogP contribution >= 0.6 is 13.5 Å². The number of rotatable bonds is 0. The van der Waals surface area contributed by atoms with Crippen molar-refractivity contribution in [3.63, 3.8) is 0 Å². The Morgan fingerprint density at radius 1 is 1.00 bits per heavy atom. The zero-order valence-electron chi connectivity index (χ0n) is 2.15. The molecule has 0 rings (SSSR count). The van der Waals surface area contributed by atoms with Gasteiger partial charge in [-0.1, -0.05) is 0 Å². The van der Waals surface area contributed by atoms with Gasteiger partial charge in [-0.25, -0.2) is 0 Å². The first-order chi connectivity index (χ1) is 0. The molecule has 0 aromatic carbocycles. The topological polar surface area (TPSA) is 31.5 Å². The first-order valence-electron chi connectivity index (χ1n) is 0. The summed E-state index contributed by atoms with van der Waals surface area (Å²) in [5.41, 5.74) is 0. The summed E-state index contributed by atoms with van der Waals surface area (Å²) in [6.07, 6.45) is 0. The van der Waals surface area contributed by atoms with Gasteiger partial charge in [-0.15, -0.1) is 0 Å². The SMILES string of the molecule is O.S.[Nb].[SnH2]. The summed E-state index contributed by atoms with van der Waals surface area (Å²) in [4.78, 5) is 0. The van der Waals surface area contributed by atoms with Crippen molar-refractivity contribution in [2.45, 2.75) is 0 Å². The summed E-state index contributed by atoms with van der Waals surface area (Å²) >= 11 is 0.